The molecule has 35 heavy (non-hydrogen) atoms. The molecule has 0 saturated heterocycles. The third kappa shape index (κ3) is 6.28. The van der Waals surface area contributed by atoms with Gasteiger partial charge in [0.2, 0.25) is 5.43 Å². The van der Waals surface area contributed by atoms with Crippen molar-refractivity contribution in [2.75, 3.05) is 0 Å². The summed E-state index contributed by atoms with van der Waals surface area (Å²) in [5.74, 6) is -0.0674. The smallest absolute Gasteiger partial charge is 0.336 e. The fraction of sp³-hybridized carbons (Fsp3) is 0.200. The summed E-state index contributed by atoms with van der Waals surface area (Å²) in [5.41, 5.74) is 3.15. The molecule has 0 aliphatic rings. The van der Waals surface area contributed by atoms with Crippen LogP contribution in [0.2, 0.25) is 5.02 Å². The second-order valence-corrected chi connectivity index (χ2v) is 8.85. The minimum Gasteiger partial charge on any atom is -0.463 e. The minimum absolute atomic E-state index is 0.134. The molecule has 5 heteroatoms. The predicted octanol–water partition coefficient (Wildman–Crippen LogP) is 7.86. The SMILES string of the molecule is CCCCCCc1cc2c(=O)c(-c3ccc(Cl)cc3)coc2cc1OC(=O)C=Cc1ccccc1. The van der Waals surface area contributed by atoms with E-state index in [2.05, 4.69) is 6.92 Å². The van der Waals surface area contributed by atoms with Gasteiger partial charge in [-0.25, -0.2) is 4.79 Å². The zero-order chi connectivity index (χ0) is 24.6. The summed E-state index contributed by atoms with van der Waals surface area (Å²) in [6.07, 6.45) is 9.51. The maximum atomic E-state index is 13.3. The van der Waals surface area contributed by atoms with Crippen LogP contribution in [0.3, 0.4) is 0 Å². The Bertz CT molecular complexity index is 1390. The molecule has 0 amide bonds. The second-order valence-electron chi connectivity index (χ2n) is 8.42. The highest BCUT2D eigenvalue weighted by molar-refractivity contribution is 6.30. The van der Waals surface area contributed by atoms with Gasteiger partial charge in [-0.05, 0) is 53.8 Å². The normalized spacial score (nSPS) is 11.3. The van der Waals surface area contributed by atoms with Crippen molar-refractivity contribution in [2.24, 2.45) is 0 Å². The Morgan fingerprint density at radius 3 is 2.51 bits per heavy atom. The first-order valence-electron chi connectivity index (χ1n) is 11.8. The molecule has 1 aromatic heterocycles. The van der Waals surface area contributed by atoms with Crippen LogP contribution in [-0.4, -0.2) is 5.97 Å². The lowest BCUT2D eigenvalue weighted by molar-refractivity contribution is -0.128. The number of ether oxygens (including phenoxy) is 1. The largest absolute Gasteiger partial charge is 0.463 e. The number of esters is 1. The zero-order valence-electron chi connectivity index (χ0n) is 19.6. The van der Waals surface area contributed by atoms with Crippen molar-refractivity contribution in [3.63, 3.8) is 0 Å². The molecular formula is C30H27ClO4. The zero-order valence-corrected chi connectivity index (χ0v) is 20.4. The Morgan fingerprint density at radius 2 is 1.77 bits per heavy atom. The van der Waals surface area contributed by atoms with E-state index in [1.807, 2.05) is 30.3 Å². The molecule has 4 aromatic rings. The topological polar surface area (TPSA) is 56.5 Å². The maximum Gasteiger partial charge on any atom is 0.336 e. The van der Waals surface area contributed by atoms with Crippen LogP contribution in [0.15, 0.2) is 88.3 Å². The lowest BCUT2D eigenvalue weighted by atomic mass is 10.0. The molecule has 0 bridgehead atoms. The fourth-order valence-corrected chi connectivity index (χ4v) is 4.06. The molecular weight excluding hydrogens is 460 g/mol. The van der Waals surface area contributed by atoms with Crippen LogP contribution in [0.5, 0.6) is 5.75 Å². The van der Waals surface area contributed by atoms with E-state index in [0.29, 0.717) is 33.7 Å². The van der Waals surface area contributed by atoms with Crippen LogP contribution in [-0.2, 0) is 11.2 Å². The van der Waals surface area contributed by atoms with Gasteiger partial charge in [0.25, 0.3) is 0 Å². The van der Waals surface area contributed by atoms with E-state index in [4.69, 9.17) is 20.8 Å². The predicted molar refractivity (Wildman–Crippen MR) is 142 cm³/mol. The van der Waals surface area contributed by atoms with Crippen molar-refractivity contribution >= 4 is 34.6 Å². The third-order valence-corrected chi connectivity index (χ3v) is 6.08. The molecule has 178 valence electrons. The van der Waals surface area contributed by atoms with Crippen molar-refractivity contribution in [3.8, 4) is 16.9 Å². The lowest BCUT2D eigenvalue weighted by Gasteiger charge is -2.11. The molecule has 0 radical (unpaired) electrons. The summed E-state index contributed by atoms with van der Waals surface area (Å²) < 4.78 is 11.5. The van der Waals surface area contributed by atoms with E-state index in [1.165, 1.54) is 12.3 Å². The van der Waals surface area contributed by atoms with Gasteiger partial charge in [-0.15, -0.1) is 0 Å². The molecule has 4 rings (SSSR count). The molecule has 0 spiro atoms. The van der Waals surface area contributed by atoms with Crippen molar-refractivity contribution in [2.45, 2.75) is 39.0 Å². The second kappa shape index (κ2) is 11.7. The first kappa shape index (κ1) is 24.5. The molecule has 0 saturated carbocycles. The highest BCUT2D eigenvalue weighted by Crippen LogP contribution is 2.29. The third-order valence-electron chi connectivity index (χ3n) is 5.83. The van der Waals surface area contributed by atoms with E-state index >= 15 is 0 Å². The Hall–Kier alpha value is -3.63. The van der Waals surface area contributed by atoms with Gasteiger partial charge in [0.1, 0.15) is 17.6 Å². The van der Waals surface area contributed by atoms with Crippen molar-refractivity contribution in [1.82, 2.24) is 0 Å². The van der Waals surface area contributed by atoms with Gasteiger partial charge in [0.15, 0.2) is 0 Å². The molecule has 0 atom stereocenters. The number of hydrogen-bond acceptors (Lipinski definition) is 4. The fourth-order valence-electron chi connectivity index (χ4n) is 3.93. The number of carbonyl (C=O) groups excluding carboxylic acids is 1. The number of hydrogen-bond donors (Lipinski definition) is 0. The van der Waals surface area contributed by atoms with Gasteiger partial charge in [-0.1, -0.05) is 80.3 Å². The monoisotopic (exact) mass is 486 g/mol. The summed E-state index contributed by atoms with van der Waals surface area (Å²) in [4.78, 5) is 25.9. The van der Waals surface area contributed by atoms with Gasteiger partial charge in [0, 0.05) is 17.2 Å². The average Bonchev–Trinajstić information content (AvgIpc) is 2.87. The van der Waals surface area contributed by atoms with Gasteiger partial charge in [0.05, 0.1) is 10.9 Å². The Labute approximate surface area is 209 Å². The quantitative estimate of drug-likeness (QED) is 0.104. The first-order valence-corrected chi connectivity index (χ1v) is 12.2. The van der Waals surface area contributed by atoms with Crippen LogP contribution in [0, 0.1) is 0 Å². The number of aryl methyl sites for hydroxylation is 1. The Balaban J connectivity index is 1.67. The standard InChI is InChI=1S/C30H27ClO4/c1-2-3-4-8-11-23-18-25-28(34-20-26(30(25)33)22-13-15-24(31)16-14-22)19-27(23)35-29(32)17-12-21-9-6-5-7-10-21/h5-7,9-10,12-20H,2-4,8,11H2,1H3. The number of benzene rings is 3. The summed E-state index contributed by atoms with van der Waals surface area (Å²) in [6, 6.07) is 20.1. The van der Waals surface area contributed by atoms with Crippen LogP contribution in [0.4, 0.5) is 0 Å². The number of rotatable bonds is 9. The molecule has 0 aliphatic heterocycles. The lowest BCUT2D eigenvalue weighted by Crippen LogP contribution is -2.09. The first-order chi connectivity index (χ1) is 17.0. The molecule has 0 fully saturated rings. The van der Waals surface area contributed by atoms with Crippen molar-refractivity contribution in [3.05, 3.63) is 105 Å². The number of fused-ring (bicyclic) bond motifs is 1. The minimum atomic E-state index is -0.483. The average molecular weight is 487 g/mol. The maximum absolute atomic E-state index is 13.3. The molecule has 0 aliphatic carbocycles. The van der Waals surface area contributed by atoms with Crippen molar-refractivity contribution in [1.29, 1.82) is 0 Å². The number of carbonyl (C=O) groups is 1. The van der Waals surface area contributed by atoms with E-state index in [-0.39, 0.29) is 5.43 Å². The number of unbranched alkanes of at least 4 members (excludes halogenated alkanes) is 3. The van der Waals surface area contributed by atoms with Gasteiger partial charge in [-0.2, -0.15) is 0 Å². The molecule has 4 nitrogen and oxygen atoms in total. The molecule has 0 unspecified atom stereocenters. The molecule has 0 N–H and O–H groups in total. The van der Waals surface area contributed by atoms with Crippen LogP contribution >= 0.6 is 11.6 Å². The van der Waals surface area contributed by atoms with Crippen LogP contribution in [0.1, 0.15) is 43.7 Å². The Kier molecular flexibility index (Phi) is 8.17. The number of halogens is 1. The summed E-state index contributed by atoms with van der Waals surface area (Å²) >= 11 is 5.99. The summed E-state index contributed by atoms with van der Waals surface area (Å²) in [7, 11) is 0. The van der Waals surface area contributed by atoms with Gasteiger partial charge >= 0.3 is 5.97 Å². The summed E-state index contributed by atoms with van der Waals surface area (Å²) in [5, 5.41) is 1.06. The van der Waals surface area contributed by atoms with E-state index in [0.717, 1.165) is 42.4 Å². The van der Waals surface area contributed by atoms with Gasteiger partial charge < -0.3 is 9.15 Å². The molecule has 3 aromatic carbocycles. The van der Waals surface area contributed by atoms with E-state index in [9.17, 15) is 9.59 Å². The van der Waals surface area contributed by atoms with Crippen LogP contribution < -0.4 is 10.2 Å². The summed E-state index contributed by atoms with van der Waals surface area (Å²) in [6.45, 7) is 2.16. The van der Waals surface area contributed by atoms with E-state index < -0.39 is 5.97 Å². The molecule has 1 heterocycles. The Morgan fingerprint density at radius 1 is 1.00 bits per heavy atom. The van der Waals surface area contributed by atoms with Gasteiger partial charge in [-0.3, -0.25) is 4.79 Å². The highest BCUT2D eigenvalue weighted by Gasteiger charge is 2.15. The van der Waals surface area contributed by atoms with Crippen LogP contribution in [0.25, 0.3) is 28.2 Å². The van der Waals surface area contributed by atoms with Crippen molar-refractivity contribution < 1.29 is 13.9 Å². The highest BCUT2D eigenvalue weighted by atomic mass is 35.5. The van der Waals surface area contributed by atoms with E-state index in [1.54, 1.807) is 42.5 Å².